The quantitative estimate of drug-likeness (QED) is 0.739. The Kier molecular flexibility index (Phi) is 5.26. The maximum absolute atomic E-state index is 10.6. The predicted octanol–water partition coefficient (Wildman–Crippen LogP) is 1.93. The summed E-state index contributed by atoms with van der Waals surface area (Å²) in [5.41, 5.74) is 6.14. The van der Waals surface area contributed by atoms with Crippen LogP contribution in [0, 0.1) is 0 Å². The largest absolute Gasteiger partial charge is 0.506 e. The van der Waals surface area contributed by atoms with Crippen molar-refractivity contribution >= 4 is 17.6 Å². The van der Waals surface area contributed by atoms with Crippen LogP contribution in [0.5, 0.6) is 17.2 Å². The van der Waals surface area contributed by atoms with Crippen molar-refractivity contribution in [3.63, 3.8) is 0 Å². The summed E-state index contributed by atoms with van der Waals surface area (Å²) in [6, 6.07) is 0.682. The van der Waals surface area contributed by atoms with E-state index in [1.165, 1.54) is 20.3 Å². The van der Waals surface area contributed by atoms with Crippen LogP contribution in [0.4, 0.5) is 0 Å². The van der Waals surface area contributed by atoms with Gasteiger partial charge >= 0.3 is 5.97 Å². The zero-order valence-electron chi connectivity index (χ0n) is 10.6. The number of methoxy groups -OCH3 is 2. The van der Waals surface area contributed by atoms with Crippen LogP contribution in [-0.2, 0) is 4.79 Å². The lowest BCUT2D eigenvalue weighted by molar-refractivity contribution is -0.137. The van der Waals surface area contributed by atoms with Crippen molar-refractivity contribution in [3.8, 4) is 17.2 Å². The zero-order chi connectivity index (χ0) is 14.6. The first-order chi connectivity index (χ1) is 8.92. The van der Waals surface area contributed by atoms with Crippen LogP contribution in [0.15, 0.2) is 6.07 Å². The third-order valence-electron chi connectivity index (χ3n) is 2.67. The van der Waals surface area contributed by atoms with Crippen LogP contribution >= 0.6 is 11.6 Å². The Hall–Kier alpha value is -1.66. The van der Waals surface area contributed by atoms with E-state index in [0.717, 1.165) is 0 Å². The summed E-state index contributed by atoms with van der Waals surface area (Å²) < 4.78 is 10.3. The number of aliphatic carboxylic acids is 1. The summed E-state index contributed by atoms with van der Waals surface area (Å²) in [4.78, 5) is 10.6. The topological polar surface area (TPSA) is 102 Å². The molecule has 4 N–H and O–H groups in total. The Morgan fingerprint density at radius 1 is 1.47 bits per heavy atom. The van der Waals surface area contributed by atoms with Gasteiger partial charge in [0.05, 0.1) is 24.8 Å². The highest BCUT2D eigenvalue weighted by atomic mass is 35.5. The molecular weight excluding hydrogens is 274 g/mol. The number of phenols is 1. The molecule has 0 radical (unpaired) electrons. The van der Waals surface area contributed by atoms with Gasteiger partial charge in [0, 0.05) is 18.5 Å². The minimum Gasteiger partial charge on any atom is -0.506 e. The number of hydrogen-bond acceptors (Lipinski definition) is 5. The first-order valence-corrected chi connectivity index (χ1v) is 5.90. The second-order valence-electron chi connectivity index (χ2n) is 3.90. The molecule has 1 aromatic carbocycles. The van der Waals surface area contributed by atoms with Gasteiger partial charge in [-0.2, -0.15) is 0 Å². The summed E-state index contributed by atoms with van der Waals surface area (Å²) in [5, 5.41) is 18.7. The molecule has 0 aliphatic carbocycles. The minimum absolute atomic E-state index is 0.0680. The lowest BCUT2D eigenvalue weighted by atomic mass is 10.00. The minimum atomic E-state index is -0.970. The average Bonchev–Trinajstić information content (AvgIpc) is 2.38. The Labute approximate surface area is 115 Å². The van der Waals surface area contributed by atoms with E-state index in [2.05, 4.69) is 0 Å². The molecule has 0 saturated heterocycles. The molecule has 0 aliphatic heterocycles. The molecule has 7 heteroatoms. The predicted molar refractivity (Wildman–Crippen MR) is 70.0 cm³/mol. The van der Waals surface area contributed by atoms with Crippen molar-refractivity contribution in [2.45, 2.75) is 18.9 Å². The van der Waals surface area contributed by atoms with Gasteiger partial charge in [-0.25, -0.2) is 0 Å². The molecule has 0 aliphatic rings. The second-order valence-corrected chi connectivity index (χ2v) is 4.30. The highest BCUT2D eigenvalue weighted by Crippen LogP contribution is 2.45. The van der Waals surface area contributed by atoms with Crippen LogP contribution in [0.1, 0.15) is 24.4 Å². The molecule has 0 saturated carbocycles. The van der Waals surface area contributed by atoms with Crippen LogP contribution < -0.4 is 15.2 Å². The summed E-state index contributed by atoms with van der Waals surface area (Å²) in [6.45, 7) is 0. The van der Waals surface area contributed by atoms with E-state index >= 15 is 0 Å². The number of carbonyl (C=O) groups is 1. The molecule has 1 unspecified atom stereocenters. The SMILES string of the molecule is COc1cc(Cl)c(O)c(C(N)CCC(=O)O)c1OC. The first kappa shape index (κ1) is 15.4. The van der Waals surface area contributed by atoms with E-state index in [4.69, 9.17) is 31.9 Å². The maximum atomic E-state index is 10.6. The molecule has 1 atom stereocenters. The number of carboxylic acid groups (broad SMARTS) is 1. The van der Waals surface area contributed by atoms with E-state index in [9.17, 15) is 9.90 Å². The molecule has 6 nitrogen and oxygen atoms in total. The smallest absolute Gasteiger partial charge is 0.303 e. The summed E-state index contributed by atoms with van der Waals surface area (Å²) in [7, 11) is 2.83. The number of ether oxygens (including phenoxy) is 2. The molecule has 0 heterocycles. The number of rotatable bonds is 6. The van der Waals surface area contributed by atoms with Crippen LogP contribution in [0.3, 0.4) is 0 Å². The van der Waals surface area contributed by atoms with Crippen molar-refractivity contribution < 1.29 is 24.5 Å². The molecule has 0 fully saturated rings. The van der Waals surface area contributed by atoms with E-state index in [0.29, 0.717) is 5.75 Å². The van der Waals surface area contributed by atoms with Crippen LogP contribution in [0.2, 0.25) is 5.02 Å². The molecule has 0 bridgehead atoms. The molecule has 0 amide bonds. The lowest BCUT2D eigenvalue weighted by Crippen LogP contribution is -2.14. The van der Waals surface area contributed by atoms with E-state index in [-0.39, 0.29) is 34.9 Å². The van der Waals surface area contributed by atoms with Crippen molar-refractivity contribution in [2.75, 3.05) is 14.2 Å². The number of phenolic OH excluding ortho intramolecular Hbond substituents is 1. The van der Waals surface area contributed by atoms with Gasteiger partial charge < -0.3 is 25.4 Å². The van der Waals surface area contributed by atoms with Gasteiger partial charge in [-0.05, 0) is 6.42 Å². The van der Waals surface area contributed by atoms with Crippen LogP contribution in [0.25, 0.3) is 0 Å². The van der Waals surface area contributed by atoms with Gasteiger partial charge in [-0.3, -0.25) is 4.79 Å². The van der Waals surface area contributed by atoms with E-state index < -0.39 is 12.0 Å². The van der Waals surface area contributed by atoms with Crippen molar-refractivity contribution in [2.24, 2.45) is 5.73 Å². The molecule has 0 spiro atoms. The highest BCUT2D eigenvalue weighted by Gasteiger charge is 2.23. The molecule has 1 aromatic rings. The highest BCUT2D eigenvalue weighted by molar-refractivity contribution is 6.32. The van der Waals surface area contributed by atoms with Gasteiger partial charge in [-0.1, -0.05) is 11.6 Å². The third-order valence-corrected chi connectivity index (χ3v) is 2.96. The molecular formula is C12H16ClNO5. The Morgan fingerprint density at radius 3 is 2.58 bits per heavy atom. The summed E-state index contributed by atoms with van der Waals surface area (Å²) in [5.74, 6) is -0.617. The number of benzene rings is 1. The average molecular weight is 290 g/mol. The summed E-state index contributed by atoms with van der Waals surface area (Å²) >= 11 is 5.88. The van der Waals surface area contributed by atoms with Crippen LogP contribution in [-0.4, -0.2) is 30.4 Å². The lowest BCUT2D eigenvalue weighted by Gasteiger charge is -2.19. The monoisotopic (exact) mass is 289 g/mol. The molecule has 19 heavy (non-hydrogen) atoms. The first-order valence-electron chi connectivity index (χ1n) is 5.53. The van der Waals surface area contributed by atoms with Gasteiger partial charge in [0.1, 0.15) is 5.75 Å². The number of nitrogens with two attached hydrogens (primary N) is 1. The molecule has 0 aromatic heterocycles. The fraction of sp³-hybridized carbons (Fsp3) is 0.417. The van der Waals surface area contributed by atoms with Gasteiger partial charge in [-0.15, -0.1) is 0 Å². The van der Waals surface area contributed by atoms with E-state index in [1.807, 2.05) is 0 Å². The molecule has 1 rings (SSSR count). The standard InChI is InChI=1S/C12H16ClNO5/c1-18-8-5-6(13)11(17)10(12(8)19-2)7(14)3-4-9(15)16/h5,7,17H,3-4,14H2,1-2H3,(H,15,16). The number of hydrogen-bond donors (Lipinski definition) is 3. The van der Waals surface area contributed by atoms with Crippen molar-refractivity contribution in [1.29, 1.82) is 0 Å². The molecule has 106 valence electrons. The van der Waals surface area contributed by atoms with Crippen molar-refractivity contribution in [1.82, 2.24) is 0 Å². The van der Waals surface area contributed by atoms with Gasteiger partial charge in [0.25, 0.3) is 0 Å². The zero-order valence-corrected chi connectivity index (χ0v) is 11.4. The van der Waals surface area contributed by atoms with Crippen molar-refractivity contribution in [3.05, 3.63) is 16.7 Å². The fourth-order valence-corrected chi connectivity index (χ4v) is 1.95. The number of halogens is 1. The summed E-state index contributed by atoms with van der Waals surface area (Å²) in [6.07, 6.45) is 0.0152. The Bertz CT molecular complexity index is 478. The Morgan fingerprint density at radius 2 is 2.11 bits per heavy atom. The third kappa shape index (κ3) is 3.42. The van der Waals surface area contributed by atoms with Gasteiger partial charge in [0.2, 0.25) is 0 Å². The normalized spacial score (nSPS) is 12.0. The van der Waals surface area contributed by atoms with E-state index in [1.54, 1.807) is 0 Å². The maximum Gasteiger partial charge on any atom is 0.303 e. The fourth-order valence-electron chi connectivity index (χ4n) is 1.75. The second kappa shape index (κ2) is 6.49. The van der Waals surface area contributed by atoms with Gasteiger partial charge in [0.15, 0.2) is 11.5 Å². The Balaban J connectivity index is 3.22. The number of aromatic hydroxyl groups is 1. The number of carboxylic acids is 1.